The van der Waals surface area contributed by atoms with Gasteiger partial charge in [-0.2, -0.15) is 4.31 Å². The summed E-state index contributed by atoms with van der Waals surface area (Å²) < 4.78 is 26.3. The number of nitrogens with zero attached hydrogens (tertiary/aromatic N) is 1. The fourth-order valence-electron chi connectivity index (χ4n) is 2.20. The average Bonchev–Trinajstić information content (AvgIpc) is 2.72. The summed E-state index contributed by atoms with van der Waals surface area (Å²) in [6.45, 7) is 1.48. The minimum absolute atomic E-state index is 0.0866. The lowest BCUT2D eigenvalue weighted by molar-refractivity contribution is -0.146. The summed E-state index contributed by atoms with van der Waals surface area (Å²) in [5, 5.41) is 9.23. The maximum atomic E-state index is 12.6. The first-order valence-corrected chi connectivity index (χ1v) is 8.53. The van der Waals surface area contributed by atoms with E-state index in [9.17, 15) is 18.3 Å². The zero-order valence-electron chi connectivity index (χ0n) is 10.9. The highest BCUT2D eigenvalue weighted by Crippen LogP contribution is 2.39. The van der Waals surface area contributed by atoms with E-state index >= 15 is 0 Å². The molecule has 116 valence electrons. The molecule has 1 aliphatic rings. The molecule has 1 unspecified atom stereocenters. The highest BCUT2D eigenvalue weighted by Gasteiger charge is 2.45. The van der Waals surface area contributed by atoms with Crippen molar-refractivity contribution in [3.63, 3.8) is 0 Å². The molecule has 2 rings (SSSR count). The second-order valence-corrected chi connectivity index (χ2v) is 8.28. The molecule has 0 amide bonds. The van der Waals surface area contributed by atoms with Crippen molar-refractivity contribution < 1.29 is 18.3 Å². The second kappa shape index (κ2) is 5.59. The average molecular weight is 373 g/mol. The highest BCUT2D eigenvalue weighted by molar-refractivity contribution is 7.89. The van der Waals surface area contributed by atoms with Crippen LogP contribution in [-0.4, -0.2) is 36.9 Å². The largest absolute Gasteiger partial charge is 0.481 e. The van der Waals surface area contributed by atoms with Gasteiger partial charge < -0.3 is 5.11 Å². The number of aliphatic carboxylic acids is 1. The lowest BCUT2D eigenvalue weighted by Gasteiger charge is -2.21. The van der Waals surface area contributed by atoms with Crippen LogP contribution in [0.15, 0.2) is 17.0 Å². The van der Waals surface area contributed by atoms with Gasteiger partial charge in [0.15, 0.2) is 0 Å². The predicted octanol–water partition coefficient (Wildman–Crippen LogP) is 3.13. The van der Waals surface area contributed by atoms with Crippen LogP contribution in [0.1, 0.15) is 13.3 Å². The molecule has 0 bridgehead atoms. The van der Waals surface area contributed by atoms with Gasteiger partial charge in [-0.25, -0.2) is 8.42 Å². The number of carboxylic acid groups (broad SMARTS) is 1. The van der Waals surface area contributed by atoms with E-state index in [1.165, 1.54) is 19.1 Å². The fraction of sp³-hybridized carbons (Fsp3) is 0.417. The number of carbonyl (C=O) groups is 1. The molecular formula is C12H12Cl3NO4S. The minimum Gasteiger partial charge on any atom is -0.481 e. The van der Waals surface area contributed by atoms with Crippen LogP contribution in [0.4, 0.5) is 0 Å². The number of hydrogen-bond acceptors (Lipinski definition) is 3. The third kappa shape index (κ3) is 3.00. The van der Waals surface area contributed by atoms with Crippen LogP contribution in [0.5, 0.6) is 0 Å². The standard InChI is InChI=1S/C12H12Cl3NO4S/c1-12(11(17)18)2-3-16(6-12)21(19,20)10-8(14)4-7(13)5-9(10)15/h4-5H,2-3,6H2,1H3,(H,17,18). The maximum absolute atomic E-state index is 12.6. The SMILES string of the molecule is CC1(C(=O)O)CCN(S(=O)(=O)c2c(Cl)cc(Cl)cc2Cl)C1. The molecule has 0 spiro atoms. The van der Waals surface area contributed by atoms with Crippen LogP contribution < -0.4 is 0 Å². The summed E-state index contributed by atoms with van der Waals surface area (Å²) in [6, 6.07) is 2.57. The van der Waals surface area contributed by atoms with E-state index in [-0.39, 0.29) is 39.5 Å². The van der Waals surface area contributed by atoms with E-state index in [4.69, 9.17) is 34.8 Å². The molecule has 1 aromatic carbocycles. The smallest absolute Gasteiger partial charge is 0.310 e. The number of halogens is 3. The normalized spacial score (nSPS) is 23.4. The van der Waals surface area contributed by atoms with Gasteiger partial charge >= 0.3 is 5.97 Å². The third-order valence-corrected chi connectivity index (χ3v) is 6.50. The topological polar surface area (TPSA) is 74.7 Å². The van der Waals surface area contributed by atoms with E-state index in [0.29, 0.717) is 0 Å². The number of rotatable bonds is 3. The molecule has 0 radical (unpaired) electrons. The Balaban J connectivity index is 2.44. The van der Waals surface area contributed by atoms with Crippen molar-refractivity contribution in [2.24, 2.45) is 5.41 Å². The summed E-state index contributed by atoms with van der Waals surface area (Å²) in [6.07, 6.45) is 0.227. The number of hydrogen-bond donors (Lipinski definition) is 1. The van der Waals surface area contributed by atoms with E-state index in [0.717, 1.165) is 4.31 Å². The van der Waals surface area contributed by atoms with Gasteiger partial charge in [0, 0.05) is 18.1 Å². The molecule has 0 aliphatic carbocycles. The molecule has 1 heterocycles. The molecule has 5 nitrogen and oxygen atoms in total. The van der Waals surface area contributed by atoms with Crippen molar-refractivity contribution in [1.82, 2.24) is 4.31 Å². The Labute approximate surface area is 137 Å². The zero-order chi connectivity index (χ0) is 16.0. The first-order valence-electron chi connectivity index (χ1n) is 5.96. The maximum Gasteiger partial charge on any atom is 0.310 e. The molecule has 0 saturated carbocycles. The second-order valence-electron chi connectivity index (χ2n) is 5.15. The number of benzene rings is 1. The molecule has 1 atom stereocenters. The van der Waals surface area contributed by atoms with Gasteiger partial charge in [0.25, 0.3) is 0 Å². The Bertz CT molecular complexity index is 683. The first-order chi connectivity index (χ1) is 9.58. The van der Waals surface area contributed by atoms with Gasteiger partial charge in [-0.1, -0.05) is 34.8 Å². The summed E-state index contributed by atoms with van der Waals surface area (Å²) in [4.78, 5) is 11.0. The van der Waals surface area contributed by atoms with Crippen molar-refractivity contribution in [3.8, 4) is 0 Å². The molecule has 0 aromatic heterocycles. The predicted molar refractivity (Wildman–Crippen MR) is 80.6 cm³/mol. The van der Waals surface area contributed by atoms with Gasteiger partial charge in [-0.05, 0) is 25.5 Å². The van der Waals surface area contributed by atoms with Gasteiger partial charge in [-0.3, -0.25) is 4.79 Å². The van der Waals surface area contributed by atoms with Crippen LogP contribution in [0.25, 0.3) is 0 Å². The van der Waals surface area contributed by atoms with Gasteiger partial charge in [0.1, 0.15) is 4.90 Å². The lowest BCUT2D eigenvalue weighted by Crippen LogP contribution is -2.35. The van der Waals surface area contributed by atoms with Crippen molar-refractivity contribution in [2.45, 2.75) is 18.2 Å². The molecule has 1 N–H and O–H groups in total. The van der Waals surface area contributed by atoms with Gasteiger partial charge in [-0.15, -0.1) is 0 Å². The summed E-state index contributed by atoms with van der Waals surface area (Å²) >= 11 is 17.6. The van der Waals surface area contributed by atoms with Gasteiger partial charge in [0.2, 0.25) is 10.0 Å². The summed E-state index contributed by atoms with van der Waals surface area (Å²) in [5.41, 5.74) is -1.11. The van der Waals surface area contributed by atoms with Crippen molar-refractivity contribution in [1.29, 1.82) is 0 Å². The molecule has 1 fully saturated rings. The van der Waals surface area contributed by atoms with Crippen molar-refractivity contribution in [3.05, 3.63) is 27.2 Å². The highest BCUT2D eigenvalue weighted by atomic mass is 35.5. The fourth-order valence-corrected chi connectivity index (χ4v) is 5.26. The Morgan fingerprint density at radius 2 is 1.81 bits per heavy atom. The molecule has 1 aliphatic heterocycles. The van der Waals surface area contributed by atoms with Crippen LogP contribution in [-0.2, 0) is 14.8 Å². The van der Waals surface area contributed by atoms with Crippen LogP contribution >= 0.6 is 34.8 Å². The summed E-state index contributed by atoms with van der Waals surface area (Å²) in [7, 11) is -3.97. The molecule has 9 heteroatoms. The first kappa shape index (κ1) is 16.8. The monoisotopic (exact) mass is 371 g/mol. The minimum atomic E-state index is -3.97. The molecular weight excluding hydrogens is 361 g/mol. The Hall–Kier alpha value is -0.530. The van der Waals surface area contributed by atoms with Gasteiger partial charge in [0.05, 0.1) is 15.5 Å². The quantitative estimate of drug-likeness (QED) is 0.884. The molecule has 21 heavy (non-hydrogen) atoms. The van der Waals surface area contributed by atoms with Crippen LogP contribution in [0.2, 0.25) is 15.1 Å². The Morgan fingerprint density at radius 3 is 2.24 bits per heavy atom. The lowest BCUT2D eigenvalue weighted by atomic mass is 9.90. The van der Waals surface area contributed by atoms with E-state index in [2.05, 4.69) is 0 Å². The van der Waals surface area contributed by atoms with E-state index in [1.54, 1.807) is 0 Å². The number of carboxylic acids is 1. The molecule has 1 aromatic rings. The number of sulfonamides is 1. The zero-order valence-corrected chi connectivity index (χ0v) is 14.0. The van der Waals surface area contributed by atoms with Crippen LogP contribution in [0.3, 0.4) is 0 Å². The summed E-state index contributed by atoms with van der Waals surface area (Å²) in [5.74, 6) is -1.03. The molecule has 1 saturated heterocycles. The van der Waals surface area contributed by atoms with Crippen LogP contribution in [0, 0.1) is 5.41 Å². The van der Waals surface area contributed by atoms with E-state index in [1.807, 2.05) is 0 Å². The Morgan fingerprint density at radius 1 is 1.29 bits per heavy atom. The van der Waals surface area contributed by atoms with Crippen molar-refractivity contribution >= 4 is 50.8 Å². The Kier molecular flexibility index (Phi) is 4.48. The van der Waals surface area contributed by atoms with E-state index < -0.39 is 21.4 Å². The third-order valence-electron chi connectivity index (χ3n) is 3.52. The van der Waals surface area contributed by atoms with Crippen molar-refractivity contribution in [2.75, 3.05) is 13.1 Å².